The molecule has 10 heavy (non-hydrogen) atoms. The Morgan fingerprint density at radius 2 is 2.20 bits per heavy atom. The summed E-state index contributed by atoms with van der Waals surface area (Å²) in [6, 6.07) is 0. The maximum atomic E-state index is 10.6. The highest BCUT2D eigenvalue weighted by molar-refractivity contribution is 5.69. The van der Waals surface area contributed by atoms with Gasteiger partial charge in [-0.25, -0.2) is 0 Å². The molecule has 0 saturated heterocycles. The summed E-state index contributed by atoms with van der Waals surface area (Å²) in [4.78, 5) is 10.6. The van der Waals surface area contributed by atoms with Crippen LogP contribution in [0, 0.1) is 5.92 Å². The van der Waals surface area contributed by atoms with Gasteiger partial charge in [0.2, 0.25) is 0 Å². The van der Waals surface area contributed by atoms with E-state index in [1.165, 1.54) is 7.11 Å². The molecule has 0 aromatic carbocycles. The smallest absolute Gasteiger partial charge is 0.305 e. The van der Waals surface area contributed by atoms with Gasteiger partial charge in [-0.05, 0) is 12.3 Å². The molecule has 0 aromatic rings. The summed E-state index contributed by atoms with van der Waals surface area (Å²) in [5.41, 5.74) is 0. The van der Waals surface area contributed by atoms with E-state index in [4.69, 9.17) is 0 Å². The summed E-state index contributed by atoms with van der Waals surface area (Å²) >= 11 is 0. The molecule has 1 unspecified atom stereocenters. The summed E-state index contributed by atoms with van der Waals surface area (Å²) in [6.45, 7) is 4.27. The van der Waals surface area contributed by atoms with Gasteiger partial charge in [-0.1, -0.05) is 20.3 Å². The Labute approximate surface area is 62.6 Å². The molecule has 0 rings (SSSR count). The topological polar surface area (TPSA) is 26.3 Å². The summed E-state index contributed by atoms with van der Waals surface area (Å²) in [6.07, 6.45) is 2.64. The van der Waals surface area contributed by atoms with Gasteiger partial charge in [-0.2, -0.15) is 0 Å². The Bertz CT molecular complexity index is 99.4. The Kier molecular flexibility index (Phi) is 4.99. The van der Waals surface area contributed by atoms with E-state index in [1.807, 2.05) is 0 Å². The minimum absolute atomic E-state index is 0.0969. The van der Waals surface area contributed by atoms with E-state index in [1.54, 1.807) is 0 Å². The van der Waals surface area contributed by atoms with Gasteiger partial charge in [0.1, 0.15) is 0 Å². The van der Waals surface area contributed by atoms with Crippen molar-refractivity contribution in [3.8, 4) is 0 Å². The molecule has 2 heteroatoms. The molecule has 0 bridgehead atoms. The van der Waals surface area contributed by atoms with Crippen molar-refractivity contribution in [2.45, 2.75) is 33.1 Å². The van der Waals surface area contributed by atoms with Crippen LogP contribution in [-0.2, 0) is 9.53 Å². The average molecular weight is 144 g/mol. The lowest BCUT2D eigenvalue weighted by atomic mass is 10.0. The van der Waals surface area contributed by atoms with Crippen molar-refractivity contribution in [2.24, 2.45) is 5.92 Å². The molecule has 0 spiro atoms. The van der Waals surface area contributed by atoms with E-state index < -0.39 is 0 Å². The first-order valence-corrected chi connectivity index (χ1v) is 3.77. The van der Waals surface area contributed by atoms with Gasteiger partial charge < -0.3 is 4.74 Å². The molecule has 0 aliphatic carbocycles. The molecule has 60 valence electrons. The van der Waals surface area contributed by atoms with Crippen LogP contribution in [0.1, 0.15) is 33.1 Å². The third kappa shape index (κ3) is 4.36. The monoisotopic (exact) mass is 144 g/mol. The third-order valence-corrected chi connectivity index (χ3v) is 1.77. The quantitative estimate of drug-likeness (QED) is 0.564. The minimum Gasteiger partial charge on any atom is -0.469 e. The van der Waals surface area contributed by atoms with Gasteiger partial charge in [0.15, 0.2) is 0 Å². The van der Waals surface area contributed by atoms with E-state index in [-0.39, 0.29) is 5.97 Å². The van der Waals surface area contributed by atoms with Crippen LogP contribution in [0.4, 0.5) is 0 Å². The maximum Gasteiger partial charge on any atom is 0.305 e. The van der Waals surface area contributed by atoms with Crippen LogP contribution in [0.15, 0.2) is 0 Å². The lowest BCUT2D eigenvalue weighted by molar-refractivity contribution is -0.140. The van der Waals surface area contributed by atoms with Crippen LogP contribution >= 0.6 is 0 Å². The number of carbonyl (C=O) groups is 1. The highest BCUT2D eigenvalue weighted by Gasteiger charge is 2.03. The first-order chi connectivity index (χ1) is 4.70. The molecule has 0 radical (unpaired) electrons. The fourth-order valence-corrected chi connectivity index (χ4v) is 0.670. The van der Waals surface area contributed by atoms with Crippen LogP contribution in [0.2, 0.25) is 0 Å². The average Bonchev–Trinajstić information content (AvgIpc) is 1.99. The van der Waals surface area contributed by atoms with Gasteiger partial charge in [-0.15, -0.1) is 0 Å². The van der Waals surface area contributed by atoms with Crippen molar-refractivity contribution < 1.29 is 9.53 Å². The van der Waals surface area contributed by atoms with E-state index >= 15 is 0 Å². The zero-order valence-corrected chi connectivity index (χ0v) is 7.02. The first kappa shape index (κ1) is 9.47. The molecule has 0 saturated carbocycles. The van der Waals surface area contributed by atoms with Gasteiger partial charge in [0, 0.05) is 6.42 Å². The SMILES string of the molecule is CCC(C)CCC(=O)OC. The van der Waals surface area contributed by atoms with E-state index in [2.05, 4.69) is 18.6 Å². The van der Waals surface area contributed by atoms with E-state index in [0.29, 0.717) is 12.3 Å². The van der Waals surface area contributed by atoms with Crippen LogP contribution in [0.25, 0.3) is 0 Å². The van der Waals surface area contributed by atoms with Crippen LogP contribution in [-0.4, -0.2) is 13.1 Å². The summed E-state index contributed by atoms with van der Waals surface area (Å²) in [5, 5.41) is 0. The fourth-order valence-electron chi connectivity index (χ4n) is 0.670. The zero-order chi connectivity index (χ0) is 7.98. The second-order valence-corrected chi connectivity index (χ2v) is 2.63. The molecule has 0 aliphatic heterocycles. The fraction of sp³-hybridized carbons (Fsp3) is 0.875. The molecule has 0 amide bonds. The molecule has 0 aliphatic rings. The van der Waals surface area contributed by atoms with Crippen molar-refractivity contribution in [1.29, 1.82) is 0 Å². The number of ether oxygens (including phenoxy) is 1. The third-order valence-electron chi connectivity index (χ3n) is 1.77. The Balaban J connectivity index is 3.26. The van der Waals surface area contributed by atoms with Crippen LogP contribution < -0.4 is 0 Å². The number of esters is 1. The van der Waals surface area contributed by atoms with Gasteiger partial charge in [-0.3, -0.25) is 4.79 Å². The number of rotatable bonds is 4. The molecule has 0 heterocycles. The number of methoxy groups -OCH3 is 1. The predicted octanol–water partition coefficient (Wildman–Crippen LogP) is 1.99. The van der Waals surface area contributed by atoms with Gasteiger partial charge >= 0.3 is 5.97 Å². The highest BCUT2D eigenvalue weighted by Crippen LogP contribution is 2.09. The first-order valence-electron chi connectivity index (χ1n) is 3.77. The maximum absolute atomic E-state index is 10.6. The number of hydrogen-bond donors (Lipinski definition) is 0. The Morgan fingerprint density at radius 1 is 1.60 bits per heavy atom. The van der Waals surface area contributed by atoms with E-state index in [9.17, 15) is 4.79 Å². The largest absolute Gasteiger partial charge is 0.469 e. The van der Waals surface area contributed by atoms with Crippen molar-refractivity contribution >= 4 is 5.97 Å². The molecule has 0 N–H and O–H groups in total. The lowest BCUT2D eigenvalue weighted by Gasteiger charge is -2.05. The minimum atomic E-state index is -0.0969. The predicted molar refractivity (Wildman–Crippen MR) is 40.7 cm³/mol. The molecule has 1 atom stereocenters. The van der Waals surface area contributed by atoms with Crippen molar-refractivity contribution in [1.82, 2.24) is 0 Å². The number of hydrogen-bond acceptors (Lipinski definition) is 2. The van der Waals surface area contributed by atoms with Gasteiger partial charge in [0.05, 0.1) is 7.11 Å². The Hall–Kier alpha value is -0.530. The van der Waals surface area contributed by atoms with Crippen LogP contribution in [0.5, 0.6) is 0 Å². The zero-order valence-electron chi connectivity index (χ0n) is 7.02. The molecule has 0 fully saturated rings. The highest BCUT2D eigenvalue weighted by atomic mass is 16.5. The van der Waals surface area contributed by atoms with E-state index in [0.717, 1.165) is 12.8 Å². The summed E-state index contributed by atoms with van der Waals surface area (Å²) in [7, 11) is 1.43. The molecular weight excluding hydrogens is 128 g/mol. The lowest BCUT2D eigenvalue weighted by Crippen LogP contribution is -2.02. The van der Waals surface area contributed by atoms with Crippen molar-refractivity contribution in [2.75, 3.05) is 7.11 Å². The van der Waals surface area contributed by atoms with Crippen LogP contribution in [0.3, 0.4) is 0 Å². The molecule has 2 nitrogen and oxygen atoms in total. The standard InChI is InChI=1S/C8H16O2/c1-4-7(2)5-6-8(9)10-3/h7H,4-6H2,1-3H3. The number of carbonyl (C=O) groups excluding carboxylic acids is 1. The van der Waals surface area contributed by atoms with Crippen molar-refractivity contribution in [3.63, 3.8) is 0 Å². The second-order valence-electron chi connectivity index (χ2n) is 2.63. The Morgan fingerprint density at radius 3 is 2.60 bits per heavy atom. The molecule has 0 aromatic heterocycles. The van der Waals surface area contributed by atoms with Gasteiger partial charge in [0.25, 0.3) is 0 Å². The molecular formula is C8H16O2. The summed E-state index contributed by atoms with van der Waals surface area (Å²) in [5.74, 6) is 0.541. The second kappa shape index (κ2) is 5.27. The summed E-state index contributed by atoms with van der Waals surface area (Å²) < 4.78 is 4.51. The van der Waals surface area contributed by atoms with Crippen molar-refractivity contribution in [3.05, 3.63) is 0 Å². The normalized spacial score (nSPS) is 12.7.